The summed E-state index contributed by atoms with van der Waals surface area (Å²) in [5.41, 5.74) is -0.293. The Bertz CT molecular complexity index is 498. The van der Waals surface area contributed by atoms with Gasteiger partial charge in [0.25, 0.3) is 5.69 Å². The van der Waals surface area contributed by atoms with Crippen molar-refractivity contribution in [3.63, 3.8) is 0 Å². The maximum Gasteiger partial charge on any atom is 0.306 e. The lowest BCUT2D eigenvalue weighted by Crippen LogP contribution is -2.06. The SMILES string of the molecule is CS(=O)(=O)Oc1cc([N+](=O)[O-])ccc1Cl. The number of nitro benzene ring substituents is 1. The molecule has 0 aromatic heterocycles. The molecule has 0 bridgehead atoms. The lowest BCUT2D eigenvalue weighted by Gasteiger charge is -2.04. The quantitative estimate of drug-likeness (QED) is 0.462. The van der Waals surface area contributed by atoms with Crippen LogP contribution in [0.15, 0.2) is 18.2 Å². The van der Waals surface area contributed by atoms with Gasteiger partial charge in [-0.25, -0.2) is 0 Å². The minimum Gasteiger partial charge on any atom is -0.381 e. The molecule has 0 N–H and O–H groups in total. The van der Waals surface area contributed by atoms with Crippen molar-refractivity contribution in [1.82, 2.24) is 0 Å². The van der Waals surface area contributed by atoms with E-state index in [0.717, 1.165) is 18.4 Å². The van der Waals surface area contributed by atoms with Gasteiger partial charge >= 0.3 is 10.1 Å². The number of hydrogen-bond acceptors (Lipinski definition) is 5. The number of halogens is 1. The van der Waals surface area contributed by atoms with Crippen LogP contribution in [-0.2, 0) is 10.1 Å². The van der Waals surface area contributed by atoms with Crippen LogP contribution >= 0.6 is 11.6 Å². The molecule has 1 rings (SSSR count). The van der Waals surface area contributed by atoms with Crippen molar-refractivity contribution in [3.8, 4) is 5.75 Å². The largest absolute Gasteiger partial charge is 0.381 e. The van der Waals surface area contributed by atoms with Crippen molar-refractivity contribution in [1.29, 1.82) is 0 Å². The van der Waals surface area contributed by atoms with E-state index >= 15 is 0 Å². The molecule has 0 saturated carbocycles. The normalized spacial score (nSPS) is 11.1. The fraction of sp³-hybridized carbons (Fsp3) is 0.143. The molecule has 15 heavy (non-hydrogen) atoms. The average Bonchev–Trinajstić information content (AvgIpc) is 2.06. The number of non-ortho nitro benzene ring substituents is 1. The van der Waals surface area contributed by atoms with Crippen LogP contribution in [0.2, 0.25) is 5.02 Å². The Morgan fingerprint density at radius 1 is 1.47 bits per heavy atom. The highest BCUT2D eigenvalue weighted by atomic mass is 35.5. The number of rotatable bonds is 3. The van der Waals surface area contributed by atoms with E-state index in [-0.39, 0.29) is 16.5 Å². The first kappa shape index (κ1) is 11.7. The summed E-state index contributed by atoms with van der Waals surface area (Å²) in [7, 11) is -3.75. The lowest BCUT2D eigenvalue weighted by molar-refractivity contribution is -0.384. The molecule has 0 aliphatic rings. The molecule has 0 unspecified atom stereocenters. The summed E-state index contributed by atoms with van der Waals surface area (Å²) in [4.78, 5) is 9.71. The number of hydrogen-bond donors (Lipinski definition) is 0. The molecule has 0 heterocycles. The number of nitrogens with zero attached hydrogens (tertiary/aromatic N) is 1. The van der Waals surface area contributed by atoms with E-state index in [1.807, 2.05) is 0 Å². The molecule has 1 aromatic carbocycles. The molecule has 82 valence electrons. The topological polar surface area (TPSA) is 86.5 Å². The second-order valence-electron chi connectivity index (χ2n) is 2.66. The third-order valence-corrected chi connectivity index (χ3v) is 2.16. The maximum atomic E-state index is 10.8. The molecule has 1 aromatic rings. The van der Waals surface area contributed by atoms with E-state index in [9.17, 15) is 18.5 Å². The molecule has 0 aliphatic carbocycles. The summed E-state index contributed by atoms with van der Waals surface area (Å²) in [6.07, 6.45) is 0.822. The Morgan fingerprint density at radius 3 is 2.53 bits per heavy atom. The smallest absolute Gasteiger partial charge is 0.306 e. The highest BCUT2D eigenvalue weighted by Gasteiger charge is 2.14. The van der Waals surface area contributed by atoms with Crippen molar-refractivity contribution in [2.75, 3.05) is 6.26 Å². The van der Waals surface area contributed by atoms with E-state index in [1.54, 1.807) is 0 Å². The number of nitro groups is 1. The first-order valence-corrected chi connectivity index (χ1v) is 5.82. The predicted molar refractivity (Wildman–Crippen MR) is 53.6 cm³/mol. The van der Waals surface area contributed by atoms with Crippen LogP contribution in [0.4, 0.5) is 5.69 Å². The Balaban J connectivity index is 3.17. The summed E-state index contributed by atoms with van der Waals surface area (Å²) >= 11 is 5.59. The van der Waals surface area contributed by atoms with Crippen molar-refractivity contribution >= 4 is 27.4 Å². The van der Waals surface area contributed by atoms with Crippen molar-refractivity contribution in [2.45, 2.75) is 0 Å². The van der Waals surface area contributed by atoms with Gasteiger partial charge < -0.3 is 4.18 Å². The fourth-order valence-corrected chi connectivity index (χ4v) is 1.50. The summed E-state index contributed by atoms with van der Waals surface area (Å²) in [5, 5.41) is 10.4. The molecule has 0 fully saturated rings. The van der Waals surface area contributed by atoms with Gasteiger partial charge in [0, 0.05) is 6.07 Å². The molecule has 8 heteroatoms. The lowest BCUT2D eigenvalue weighted by atomic mass is 10.3. The molecule has 6 nitrogen and oxygen atoms in total. The Morgan fingerprint density at radius 2 is 2.07 bits per heavy atom. The van der Waals surface area contributed by atoms with Crippen molar-refractivity contribution in [3.05, 3.63) is 33.3 Å². The average molecular weight is 252 g/mol. The van der Waals surface area contributed by atoms with Gasteiger partial charge in [-0.3, -0.25) is 10.1 Å². The van der Waals surface area contributed by atoms with Gasteiger partial charge in [-0.2, -0.15) is 8.42 Å². The Kier molecular flexibility index (Phi) is 3.15. The highest BCUT2D eigenvalue weighted by molar-refractivity contribution is 7.86. The zero-order valence-electron chi connectivity index (χ0n) is 7.51. The molecule has 0 spiro atoms. The van der Waals surface area contributed by atoms with Crippen LogP contribution in [0.1, 0.15) is 0 Å². The summed E-state index contributed by atoms with van der Waals surface area (Å²) in [6.45, 7) is 0. The summed E-state index contributed by atoms with van der Waals surface area (Å²) in [5.74, 6) is -0.256. The van der Waals surface area contributed by atoms with Crippen LogP contribution in [-0.4, -0.2) is 19.6 Å². The minimum absolute atomic E-state index is 0.00831. The van der Waals surface area contributed by atoms with E-state index in [4.69, 9.17) is 11.6 Å². The van der Waals surface area contributed by atoms with Gasteiger partial charge in [0.15, 0.2) is 5.75 Å². The maximum absolute atomic E-state index is 10.8. The molecule has 0 saturated heterocycles. The fourth-order valence-electron chi connectivity index (χ4n) is 0.833. The molecule has 0 atom stereocenters. The van der Waals surface area contributed by atoms with E-state index in [1.165, 1.54) is 6.07 Å². The van der Waals surface area contributed by atoms with Crippen LogP contribution < -0.4 is 4.18 Å². The molecule has 0 amide bonds. The Hall–Kier alpha value is -1.34. The van der Waals surface area contributed by atoms with Gasteiger partial charge in [0.05, 0.1) is 22.3 Å². The minimum atomic E-state index is -3.75. The second kappa shape index (κ2) is 4.03. The van der Waals surface area contributed by atoms with Gasteiger partial charge in [-0.1, -0.05) is 11.6 Å². The van der Waals surface area contributed by atoms with Crippen LogP contribution in [0, 0.1) is 10.1 Å². The van der Waals surface area contributed by atoms with Crippen LogP contribution in [0.25, 0.3) is 0 Å². The third kappa shape index (κ3) is 3.37. The van der Waals surface area contributed by atoms with E-state index in [2.05, 4.69) is 4.18 Å². The molecular formula is C7H6ClNO5S. The zero-order chi connectivity index (χ0) is 11.6. The van der Waals surface area contributed by atoms with Crippen molar-refractivity contribution < 1.29 is 17.5 Å². The monoisotopic (exact) mass is 251 g/mol. The van der Waals surface area contributed by atoms with Gasteiger partial charge in [0.1, 0.15) is 0 Å². The highest BCUT2D eigenvalue weighted by Crippen LogP contribution is 2.29. The molecule has 0 aliphatic heterocycles. The van der Waals surface area contributed by atoms with Crippen molar-refractivity contribution in [2.24, 2.45) is 0 Å². The summed E-state index contributed by atoms with van der Waals surface area (Å²) in [6, 6.07) is 3.29. The first-order chi connectivity index (χ1) is 6.79. The third-order valence-electron chi connectivity index (χ3n) is 1.37. The van der Waals surface area contributed by atoms with Gasteiger partial charge in [0.2, 0.25) is 0 Å². The van der Waals surface area contributed by atoms with Gasteiger partial charge in [-0.05, 0) is 6.07 Å². The zero-order valence-corrected chi connectivity index (χ0v) is 9.08. The standard InChI is InChI=1S/C7H6ClNO5S/c1-15(12,13)14-7-4-5(9(10)11)2-3-6(7)8/h2-4H,1H3. The van der Waals surface area contributed by atoms with Crippen LogP contribution in [0.3, 0.4) is 0 Å². The van der Waals surface area contributed by atoms with E-state index in [0.29, 0.717) is 0 Å². The molecular weight excluding hydrogens is 246 g/mol. The van der Waals surface area contributed by atoms with Gasteiger partial charge in [-0.15, -0.1) is 0 Å². The number of benzene rings is 1. The second-order valence-corrected chi connectivity index (χ2v) is 4.64. The Labute approximate surface area is 90.7 Å². The summed E-state index contributed by atoms with van der Waals surface area (Å²) < 4.78 is 26.0. The predicted octanol–water partition coefficient (Wildman–Crippen LogP) is 1.59. The van der Waals surface area contributed by atoms with E-state index < -0.39 is 15.0 Å². The molecule has 0 radical (unpaired) electrons. The van der Waals surface area contributed by atoms with Crippen LogP contribution in [0.5, 0.6) is 5.75 Å². The first-order valence-electron chi connectivity index (χ1n) is 3.63.